The zero-order chi connectivity index (χ0) is 10.2. The van der Waals surface area contributed by atoms with Crippen LogP contribution in [0.4, 0.5) is 0 Å². The second kappa shape index (κ2) is 7.20. The largest absolute Gasteiger partial charge is 0.379 e. The summed E-state index contributed by atoms with van der Waals surface area (Å²) in [4.78, 5) is 13.4. The number of hydrogen-bond acceptors (Lipinski definition) is 3. The Labute approximate surface area is 93.1 Å². The fourth-order valence-electron chi connectivity index (χ4n) is 1.35. The minimum absolute atomic E-state index is 0.120. The zero-order valence-electron chi connectivity index (χ0n) is 8.30. The molecule has 1 rings (SSSR count). The van der Waals surface area contributed by atoms with Crippen LogP contribution in [0.1, 0.15) is 6.42 Å². The molecule has 0 aliphatic carbocycles. The van der Waals surface area contributed by atoms with Crippen LogP contribution >= 0.6 is 15.9 Å². The van der Waals surface area contributed by atoms with Crippen LogP contribution < -0.4 is 5.32 Å². The quantitative estimate of drug-likeness (QED) is 0.723. The van der Waals surface area contributed by atoms with Gasteiger partial charge in [-0.2, -0.15) is 0 Å². The lowest BCUT2D eigenvalue weighted by Crippen LogP contribution is -2.41. The van der Waals surface area contributed by atoms with Crippen molar-refractivity contribution in [2.45, 2.75) is 6.42 Å². The van der Waals surface area contributed by atoms with Crippen LogP contribution in [0.25, 0.3) is 0 Å². The topological polar surface area (TPSA) is 41.6 Å². The fraction of sp³-hybridized carbons (Fsp3) is 0.889. The van der Waals surface area contributed by atoms with Crippen molar-refractivity contribution < 1.29 is 9.53 Å². The standard InChI is InChI=1S/C9H17BrN2O2/c10-2-1-9(13)11-3-4-12-5-7-14-8-6-12/h1-8H2,(H,11,13). The van der Waals surface area contributed by atoms with Gasteiger partial charge in [0, 0.05) is 37.9 Å². The SMILES string of the molecule is O=C(CCBr)NCCN1CCOCC1. The van der Waals surface area contributed by atoms with E-state index in [1.54, 1.807) is 0 Å². The second-order valence-corrected chi connectivity index (χ2v) is 4.04. The first-order valence-electron chi connectivity index (χ1n) is 4.95. The zero-order valence-corrected chi connectivity index (χ0v) is 9.88. The van der Waals surface area contributed by atoms with E-state index >= 15 is 0 Å². The third-order valence-electron chi connectivity index (χ3n) is 2.18. The van der Waals surface area contributed by atoms with Gasteiger partial charge < -0.3 is 10.1 Å². The molecule has 1 aliphatic rings. The molecule has 0 aromatic heterocycles. The minimum Gasteiger partial charge on any atom is -0.379 e. The summed E-state index contributed by atoms with van der Waals surface area (Å²) in [6.45, 7) is 5.26. The molecule has 0 saturated carbocycles. The third-order valence-corrected chi connectivity index (χ3v) is 2.57. The molecule has 1 amide bonds. The molecule has 0 unspecified atom stereocenters. The smallest absolute Gasteiger partial charge is 0.220 e. The predicted molar refractivity (Wildman–Crippen MR) is 58.7 cm³/mol. The molecule has 0 aromatic carbocycles. The van der Waals surface area contributed by atoms with E-state index in [2.05, 4.69) is 26.1 Å². The maximum atomic E-state index is 11.1. The predicted octanol–water partition coefficient (Wildman–Crippen LogP) is 0.220. The summed E-state index contributed by atoms with van der Waals surface area (Å²) in [7, 11) is 0. The number of alkyl halides is 1. The average Bonchev–Trinajstić information content (AvgIpc) is 2.20. The Hall–Kier alpha value is -0.130. The summed E-state index contributed by atoms with van der Waals surface area (Å²) in [6.07, 6.45) is 0.559. The minimum atomic E-state index is 0.120. The lowest BCUT2D eigenvalue weighted by atomic mass is 10.4. The van der Waals surface area contributed by atoms with Gasteiger partial charge in [0.15, 0.2) is 0 Å². The number of hydrogen-bond donors (Lipinski definition) is 1. The number of ether oxygens (including phenoxy) is 1. The summed E-state index contributed by atoms with van der Waals surface area (Å²) >= 11 is 3.23. The van der Waals surface area contributed by atoms with E-state index in [1.165, 1.54) is 0 Å². The van der Waals surface area contributed by atoms with Gasteiger partial charge in [0.05, 0.1) is 13.2 Å². The van der Waals surface area contributed by atoms with Gasteiger partial charge in [-0.1, -0.05) is 15.9 Å². The molecule has 0 spiro atoms. The Bertz CT molecular complexity index is 172. The van der Waals surface area contributed by atoms with Crippen LogP contribution in [-0.2, 0) is 9.53 Å². The van der Waals surface area contributed by atoms with Crippen LogP contribution in [0.3, 0.4) is 0 Å². The molecule has 4 nitrogen and oxygen atoms in total. The van der Waals surface area contributed by atoms with Crippen molar-refractivity contribution in [3.05, 3.63) is 0 Å². The molecule has 1 N–H and O–H groups in total. The van der Waals surface area contributed by atoms with Gasteiger partial charge >= 0.3 is 0 Å². The van der Waals surface area contributed by atoms with E-state index in [-0.39, 0.29) is 5.91 Å². The average molecular weight is 265 g/mol. The van der Waals surface area contributed by atoms with Gasteiger partial charge in [0.1, 0.15) is 0 Å². The molecule has 0 bridgehead atoms. The van der Waals surface area contributed by atoms with Crippen molar-refractivity contribution in [2.75, 3.05) is 44.7 Å². The molecule has 1 aliphatic heterocycles. The number of nitrogens with one attached hydrogen (secondary N) is 1. The molecule has 1 fully saturated rings. The van der Waals surface area contributed by atoms with Gasteiger partial charge in [-0.05, 0) is 0 Å². The van der Waals surface area contributed by atoms with Crippen LogP contribution in [0.2, 0.25) is 0 Å². The Kier molecular flexibility index (Phi) is 6.14. The van der Waals surface area contributed by atoms with Crippen LogP contribution in [0.5, 0.6) is 0 Å². The van der Waals surface area contributed by atoms with Crippen LogP contribution in [-0.4, -0.2) is 55.5 Å². The lowest BCUT2D eigenvalue weighted by molar-refractivity contribution is -0.120. The van der Waals surface area contributed by atoms with Crippen molar-refractivity contribution in [1.82, 2.24) is 10.2 Å². The molecule has 0 aromatic rings. The van der Waals surface area contributed by atoms with E-state index in [0.717, 1.165) is 44.7 Å². The first-order chi connectivity index (χ1) is 6.83. The van der Waals surface area contributed by atoms with Gasteiger partial charge in [0.2, 0.25) is 5.91 Å². The van der Waals surface area contributed by atoms with Crippen molar-refractivity contribution in [3.63, 3.8) is 0 Å². The maximum absolute atomic E-state index is 11.1. The van der Waals surface area contributed by atoms with Gasteiger partial charge in [-0.15, -0.1) is 0 Å². The summed E-state index contributed by atoms with van der Waals surface area (Å²) in [6, 6.07) is 0. The number of morpholine rings is 1. The van der Waals surface area contributed by atoms with Crippen molar-refractivity contribution in [3.8, 4) is 0 Å². The second-order valence-electron chi connectivity index (χ2n) is 3.24. The summed E-state index contributed by atoms with van der Waals surface area (Å²) in [5.41, 5.74) is 0. The Balaban J connectivity index is 1.99. The Morgan fingerprint density at radius 1 is 1.43 bits per heavy atom. The monoisotopic (exact) mass is 264 g/mol. The Morgan fingerprint density at radius 2 is 2.14 bits per heavy atom. The summed E-state index contributed by atoms with van der Waals surface area (Å²) in [5, 5.41) is 3.61. The normalized spacial score (nSPS) is 18.1. The number of rotatable bonds is 5. The lowest BCUT2D eigenvalue weighted by Gasteiger charge is -2.26. The first-order valence-corrected chi connectivity index (χ1v) is 6.08. The van der Waals surface area contributed by atoms with Crippen LogP contribution in [0, 0.1) is 0 Å². The number of nitrogens with zero attached hydrogens (tertiary/aromatic N) is 1. The number of carbonyl (C=O) groups is 1. The molecule has 1 heterocycles. The maximum Gasteiger partial charge on any atom is 0.220 e. The van der Waals surface area contributed by atoms with E-state index in [0.29, 0.717) is 6.42 Å². The molecule has 1 saturated heterocycles. The summed E-state index contributed by atoms with van der Waals surface area (Å²) in [5.74, 6) is 0.120. The highest BCUT2D eigenvalue weighted by molar-refractivity contribution is 9.09. The molecule has 5 heteroatoms. The Morgan fingerprint density at radius 3 is 2.79 bits per heavy atom. The molecular weight excluding hydrogens is 248 g/mol. The van der Waals surface area contributed by atoms with E-state index in [1.807, 2.05) is 0 Å². The van der Waals surface area contributed by atoms with E-state index in [9.17, 15) is 4.79 Å². The fourth-order valence-corrected chi connectivity index (χ4v) is 1.71. The molecule has 14 heavy (non-hydrogen) atoms. The van der Waals surface area contributed by atoms with E-state index in [4.69, 9.17) is 4.74 Å². The highest BCUT2D eigenvalue weighted by Gasteiger charge is 2.09. The van der Waals surface area contributed by atoms with Crippen molar-refractivity contribution in [2.24, 2.45) is 0 Å². The number of halogens is 1. The van der Waals surface area contributed by atoms with Gasteiger partial charge in [-0.25, -0.2) is 0 Å². The molecular formula is C9H17BrN2O2. The van der Waals surface area contributed by atoms with Gasteiger partial charge in [0.25, 0.3) is 0 Å². The van der Waals surface area contributed by atoms with Crippen LogP contribution in [0.15, 0.2) is 0 Å². The highest BCUT2D eigenvalue weighted by atomic mass is 79.9. The van der Waals surface area contributed by atoms with Crippen molar-refractivity contribution >= 4 is 21.8 Å². The molecule has 0 atom stereocenters. The number of carbonyl (C=O) groups excluding carboxylic acids is 1. The first kappa shape index (κ1) is 11.9. The molecule has 0 radical (unpaired) electrons. The summed E-state index contributed by atoms with van der Waals surface area (Å²) < 4.78 is 5.23. The van der Waals surface area contributed by atoms with E-state index < -0.39 is 0 Å². The third kappa shape index (κ3) is 4.93. The highest BCUT2D eigenvalue weighted by Crippen LogP contribution is 1.95. The number of amides is 1. The molecule has 82 valence electrons. The van der Waals surface area contributed by atoms with Gasteiger partial charge in [-0.3, -0.25) is 9.69 Å². The van der Waals surface area contributed by atoms with Crippen molar-refractivity contribution in [1.29, 1.82) is 0 Å².